The molecule has 266 valence electrons. The van der Waals surface area contributed by atoms with Crippen LogP contribution in [0.15, 0.2) is 58.7 Å². The smallest absolute Gasteiger partial charge is 0.316 e. The average Bonchev–Trinajstić information content (AvgIpc) is 3.37. The Hall–Kier alpha value is -2.60. The van der Waals surface area contributed by atoms with Crippen LogP contribution in [0, 0.1) is 23.7 Å². The van der Waals surface area contributed by atoms with Crippen LogP contribution < -0.4 is 0 Å². The van der Waals surface area contributed by atoms with Crippen molar-refractivity contribution in [2.45, 2.75) is 135 Å². The summed E-state index contributed by atoms with van der Waals surface area (Å²) in [4.78, 5) is 26.9. The Kier molecular flexibility index (Phi) is 10.9. The van der Waals surface area contributed by atoms with E-state index in [9.17, 15) is 24.9 Å². The molecule has 0 amide bonds. The maximum absolute atomic E-state index is 14.1. The number of carbonyl (C=O) groups is 2. The van der Waals surface area contributed by atoms with Gasteiger partial charge in [0.15, 0.2) is 5.79 Å². The van der Waals surface area contributed by atoms with Gasteiger partial charge in [0, 0.05) is 18.8 Å². The molecule has 1 spiro atoms. The second-order valence-electron chi connectivity index (χ2n) is 14.9. The summed E-state index contributed by atoms with van der Waals surface area (Å²) >= 11 is 0. The molecule has 5 rings (SSSR count). The number of aliphatic hydroxyl groups excluding tert-OH is 2. The van der Waals surface area contributed by atoms with Gasteiger partial charge in [-0.05, 0) is 68.7 Å². The van der Waals surface area contributed by atoms with Gasteiger partial charge in [0.05, 0.1) is 24.7 Å². The third-order valence-corrected chi connectivity index (χ3v) is 10.9. The summed E-state index contributed by atoms with van der Waals surface area (Å²) in [5.74, 6) is -4.08. The molecule has 48 heavy (non-hydrogen) atoms. The normalized spacial score (nSPS) is 45.3. The lowest BCUT2D eigenvalue weighted by atomic mass is 9.71. The lowest BCUT2D eigenvalue weighted by Gasteiger charge is -2.52. The molecule has 5 aliphatic rings. The van der Waals surface area contributed by atoms with E-state index in [1.54, 1.807) is 39.0 Å². The number of esters is 2. The highest BCUT2D eigenvalue weighted by atomic mass is 16.7. The second kappa shape index (κ2) is 14.3. The molecule has 10 heteroatoms. The summed E-state index contributed by atoms with van der Waals surface area (Å²) in [5, 5.41) is 34.8. The maximum Gasteiger partial charge on any atom is 0.316 e. The summed E-state index contributed by atoms with van der Waals surface area (Å²) in [7, 11) is 0. The summed E-state index contributed by atoms with van der Waals surface area (Å²) < 4.78 is 31.5. The summed E-state index contributed by atoms with van der Waals surface area (Å²) in [6.07, 6.45) is 6.94. The van der Waals surface area contributed by atoms with Crippen molar-refractivity contribution in [1.29, 1.82) is 0 Å². The van der Waals surface area contributed by atoms with Crippen LogP contribution in [0.3, 0.4) is 0 Å². The van der Waals surface area contributed by atoms with E-state index in [0.717, 1.165) is 11.1 Å². The van der Waals surface area contributed by atoms with Crippen molar-refractivity contribution in [2.24, 2.45) is 23.7 Å². The van der Waals surface area contributed by atoms with E-state index in [1.807, 2.05) is 52.8 Å². The molecular formula is C38H54O10. The summed E-state index contributed by atoms with van der Waals surface area (Å²) in [6.45, 7) is 15.1. The number of ether oxygens (including phenoxy) is 5. The van der Waals surface area contributed by atoms with E-state index in [2.05, 4.69) is 0 Å². The molecule has 12 atom stereocenters. The zero-order valence-corrected chi connectivity index (χ0v) is 29.5. The van der Waals surface area contributed by atoms with Gasteiger partial charge in [0.25, 0.3) is 0 Å². The lowest BCUT2D eigenvalue weighted by molar-refractivity contribution is -0.363. The third-order valence-electron chi connectivity index (χ3n) is 10.9. The van der Waals surface area contributed by atoms with E-state index in [0.29, 0.717) is 30.4 Å². The zero-order chi connectivity index (χ0) is 35.1. The molecule has 0 radical (unpaired) electrons. The molecular weight excluding hydrogens is 616 g/mol. The van der Waals surface area contributed by atoms with Crippen molar-refractivity contribution >= 4 is 11.9 Å². The van der Waals surface area contributed by atoms with Crippen LogP contribution in [0.4, 0.5) is 0 Å². The first kappa shape index (κ1) is 36.7. The topological polar surface area (TPSA) is 141 Å². The van der Waals surface area contributed by atoms with E-state index in [4.69, 9.17) is 23.7 Å². The van der Waals surface area contributed by atoms with Crippen molar-refractivity contribution in [3.8, 4) is 0 Å². The minimum atomic E-state index is -1.85. The van der Waals surface area contributed by atoms with Gasteiger partial charge in [-0.2, -0.15) is 0 Å². The van der Waals surface area contributed by atoms with Crippen LogP contribution in [0.5, 0.6) is 0 Å². The number of carbonyl (C=O) groups excluding carboxylic acids is 2. The van der Waals surface area contributed by atoms with E-state index < -0.39 is 59.9 Å². The highest BCUT2D eigenvalue weighted by Gasteiger charge is 2.60. The van der Waals surface area contributed by atoms with Crippen molar-refractivity contribution in [2.75, 3.05) is 6.61 Å². The van der Waals surface area contributed by atoms with Gasteiger partial charge in [-0.3, -0.25) is 9.59 Å². The fourth-order valence-corrected chi connectivity index (χ4v) is 7.83. The molecule has 0 aromatic carbocycles. The van der Waals surface area contributed by atoms with Crippen molar-refractivity contribution in [3.63, 3.8) is 0 Å². The molecule has 3 saturated heterocycles. The largest absolute Gasteiger partial charge is 0.462 e. The standard InChI is InChI=1S/C38H54O10/c1-9-21(4)33-25(8)16-30(39)37(48-33)18-28-17-27(47-37)14-13-23(6)32(46-35(41)20(2)3)22(5)11-10-12-26-19-44-34-31(40)24(7)15-29(36(42)45-28)38(26,34)43/h9-13,15,20,22,25,27-34,39-40,43H,14,16-19H2,1-8H3/b11-10+,21-9+,23-13+,26-12+/t22-,25-,27+,28-,29-,30+,31+,32?,33+,34+,37-,38+/m0/s1. The van der Waals surface area contributed by atoms with Crippen molar-refractivity contribution < 1.29 is 48.6 Å². The first-order chi connectivity index (χ1) is 22.6. The Labute approximate surface area is 284 Å². The van der Waals surface area contributed by atoms with Gasteiger partial charge in [0.2, 0.25) is 0 Å². The highest BCUT2D eigenvalue weighted by molar-refractivity contribution is 5.78. The number of allylic oxidation sites excluding steroid dienone is 3. The summed E-state index contributed by atoms with van der Waals surface area (Å²) in [6, 6.07) is 0. The summed E-state index contributed by atoms with van der Waals surface area (Å²) in [5.41, 5.74) is 0.935. The number of aliphatic hydroxyl groups is 3. The average molecular weight is 671 g/mol. The van der Waals surface area contributed by atoms with Gasteiger partial charge in [-0.15, -0.1) is 0 Å². The third kappa shape index (κ3) is 6.89. The minimum absolute atomic E-state index is 0.0128. The Morgan fingerprint density at radius 1 is 1.10 bits per heavy atom. The Morgan fingerprint density at radius 3 is 2.52 bits per heavy atom. The fraction of sp³-hybridized carbons (Fsp3) is 0.684. The molecule has 1 aliphatic carbocycles. The second-order valence-corrected chi connectivity index (χ2v) is 14.9. The SMILES string of the molecule is C/C=C(\C)[C@H]1O[C@@]2(C[C@@H]3C[C@@H](C/C=C(\C)C(OC(=O)C(C)C)[C@@H](C)/C=C/C=C4\CO[C@@H]5[C@H](O)C(C)=C[C@@H](C(=O)O3)[C@]45O)O2)[C@H](O)C[C@@H]1C. The lowest BCUT2D eigenvalue weighted by Crippen LogP contribution is -2.62. The van der Waals surface area contributed by atoms with Crippen molar-refractivity contribution in [1.82, 2.24) is 0 Å². The van der Waals surface area contributed by atoms with Gasteiger partial charge >= 0.3 is 11.9 Å². The monoisotopic (exact) mass is 670 g/mol. The molecule has 1 unspecified atom stereocenters. The maximum atomic E-state index is 14.1. The van der Waals surface area contributed by atoms with Crippen LogP contribution in [-0.2, 0) is 33.3 Å². The Balaban J connectivity index is 1.59. The predicted molar refractivity (Wildman–Crippen MR) is 178 cm³/mol. The predicted octanol–water partition coefficient (Wildman–Crippen LogP) is 4.63. The van der Waals surface area contributed by atoms with Crippen LogP contribution in [0.1, 0.15) is 81.1 Å². The minimum Gasteiger partial charge on any atom is -0.462 e. The molecule has 0 aromatic rings. The number of hydrogen-bond acceptors (Lipinski definition) is 10. The van der Waals surface area contributed by atoms with Gasteiger partial charge < -0.3 is 39.0 Å². The van der Waals surface area contributed by atoms with Crippen LogP contribution >= 0.6 is 0 Å². The molecule has 2 bridgehead atoms. The van der Waals surface area contributed by atoms with E-state index >= 15 is 0 Å². The first-order valence-electron chi connectivity index (χ1n) is 17.4. The Bertz CT molecular complexity index is 1390. The van der Waals surface area contributed by atoms with Gasteiger partial charge in [0.1, 0.15) is 42.0 Å². The highest BCUT2D eigenvalue weighted by Crippen LogP contribution is 2.48. The Morgan fingerprint density at radius 2 is 1.83 bits per heavy atom. The van der Waals surface area contributed by atoms with Gasteiger partial charge in [-0.25, -0.2) is 0 Å². The molecule has 4 aliphatic heterocycles. The van der Waals surface area contributed by atoms with Crippen molar-refractivity contribution in [3.05, 3.63) is 58.7 Å². The number of hydrogen-bond donors (Lipinski definition) is 3. The number of rotatable bonds is 3. The molecule has 3 fully saturated rings. The first-order valence-corrected chi connectivity index (χ1v) is 17.4. The van der Waals surface area contributed by atoms with E-state index in [1.165, 1.54) is 0 Å². The molecule has 0 aromatic heterocycles. The van der Waals surface area contributed by atoms with Crippen LogP contribution in [0.2, 0.25) is 0 Å². The fourth-order valence-electron chi connectivity index (χ4n) is 7.83. The number of fused-ring (bicyclic) bond motifs is 2. The van der Waals surface area contributed by atoms with Gasteiger partial charge in [-0.1, -0.05) is 64.2 Å². The molecule has 10 nitrogen and oxygen atoms in total. The molecule has 0 saturated carbocycles. The van der Waals surface area contributed by atoms with Crippen LogP contribution in [0.25, 0.3) is 0 Å². The zero-order valence-electron chi connectivity index (χ0n) is 29.5. The molecule has 4 heterocycles. The quantitative estimate of drug-likeness (QED) is 0.288. The van der Waals surface area contributed by atoms with Crippen LogP contribution in [-0.4, -0.2) is 88.0 Å². The molecule has 3 N–H and O–H groups in total. The van der Waals surface area contributed by atoms with E-state index in [-0.39, 0.29) is 42.9 Å².